The molecular formula is C57H34N4O2. The average Bonchev–Trinajstić information content (AvgIpc) is 4.04. The predicted octanol–water partition coefficient (Wildman–Crippen LogP) is 15.1. The molecule has 0 saturated carbocycles. The van der Waals surface area contributed by atoms with Crippen molar-refractivity contribution < 1.29 is 8.83 Å². The molecule has 6 heteroatoms. The van der Waals surface area contributed by atoms with Crippen LogP contribution in [0.3, 0.4) is 0 Å². The van der Waals surface area contributed by atoms with E-state index in [0.29, 0.717) is 17.5 Å². The van der Waals surface area contributed by atoms with Gasteiger partial charge in [0.2, 0.25) is 0 Å². The highest BCUT2D eigenvalue weighted by atomic mass is 16.3. The standard InChI is InChI=1S/C57H34N4O2/c1-3-13-36(14-4-1)55-58-56(37-15-5-2-6-16-37)60-57(59-55)46-22-12-21-45-48-34-39(28-32-52(48)63-54(45)46)38-27-31-50-47(33-38)42-17-7-9-23-49(42)61(50)40-29-25-35(26-30-40)41-19-11-20-44-43-18-8-10-24-51(43)62-53(41)44/h1-34H. The summed E-state index contributed by atoms with van der Waals surface area (Å²) in [6, 6.07) is 71.7. The number of fused-ring (bicyclic) bond motifs is 9. The molecule has 13 rings (SSSR count). The number of hydrogen-bond acceptors (Lipinski definition) is 5. The summed E-state index contributed by atoms with van der Waals surface area (Å²) in [5.41, 5.74) is 13.9. The van der Waals surface area contributed by atoms with Crippen LogP contribution in [0.15, 0.2) is 215 Å². The summed E-state index contributed by atoms with van der Waals surface area (Å²) in [5.74, 6) is 1.79. The Morgan fingerprint density at radius 3 is 1.54 bits per heavy atom. The molecule has 0 amide bonds. The average molecular weight is 807 g/mol. The minimum atomic E-state index is 0.563. The molecule has 0 aliphatic rings. The number of nitrogens with zero attached hydrogens (tertiary/aromatic N) is 4. The number of rotatable bonds is 6. The second kappa shape index (κ2) is 14.0. The van der Waals surface area contributed by atoms with Gasteiger partial charge >= 0.3 is 0 Å². The maximum Gasteiger partial charge on any atom is 0.167 e. The van der Waals surface area contributed by atoms with Gasteiger partial charge in [-0.25, -0.2) is 15.0 Å². The van der Waals surface area contributed by atoms with E-state index in [9.17, 15) is 0 Å². The lowest BCUT2D eigenvalue weighted by Crippen LogP contribution is -2.00. The van der Waals surface area contributed by atoms with Crippen molar-refractivity contribution in [2.45, 2.75) is 0 Å². The molecule has 0 N–H and O–H groups in total. The Morgan fingerprint density at radius 1 is 0.302 bits per heavy atom. The van der Waals surface area contributed by atoms with Crippen molar-refractivity contribution in [2.24, 2.45) is 0 Å². The van der Waals surface area contributed by atoms with Gasteiger partial charge in [0.15, 0.2) is 17.5 Å². The zero-order chi connectivity index (χ0) is 41.4. The Bertz CT molecular complexity index is 3840. The fraction of sp³-hybridized carbons (Fsp3) is 0. The lowest BCUT2D eigenvalue weighted by Gasteiger charge is -2.10. The van der Waals surface area contributed by atoms with Crippen molar-refractivity contribution in [3.05, 3.63) is 206 Å². The number of para-hydroxylation sites is 4. The lowest BCUT2D eigenvalue weighted by molar-refractivity contribution is 0.669. The number of aromatic nitrogens is 4. The van der Waals surface area contributed by atoms with Gasteiger partial charge in [0.05, 0.1) is 16.6 Å². The monoisotopic (exact) mass is 806 g/mol. The zero-order valence-corrected chi connectivity index (χ0v) is 33.7. The van der Waals surface area contributed by atoms with Gasteiger partial charge in [-0.05, 0) is 71.3 Å². The van der Waals surface area contributed by atoms with Crippen molar-refractivity contribution in [3.63, 3.8) is 0 Å². The predicted molar refractivity (Wildman–Crippen MR) is 256 cm³/mol. The van der Waals surface area contributed by atoms with Gasteiger partial charge in [-0.15, -0.1) is 0 Å². The van der Waals surface area contributed by atoms with Crippen LogP contribution < -0.4 is 0 Å². The molecule has 0 spiro atoms. The molecule has 0 atom stereocenters. The van der Waals surface area contributed by atoms with Crippen molar-refractivity contribution in [1.29, 1.82) is 0 Å². The molecule has 63 heavy (non-hydrogen) atoms. The van der Waals surface area contributed by atoms with E-state index in [-0.39, 0.29) is 0 Å². The highest BCUT2D eigenvalue weighted by Gasteiger charge is 2.20. The van der Waals surface area contributed by atoms with Gasteiger partial charge < -0.3 is 13.4 Å². The van der Waals surface area contributed by atoms with Crippen molar-refractivity contribution in [2.75, 3.05) is 0 Å². The second-order valence-corrected chi connectivity index (χ2v) is 15.9. The first-order valence-corrected chi connectivity index (χ1v) is 21.1. The van der Waals surface area contributed by atoms with E-state index in [0.717, 1.165) is 99.5 Å². The third-order valence-corrected chi connectivity index (χ3v) is 12.3. The maximum atomic E-state index is 6.66. The smallest absolute Gasteiger partial charge is 0.167 e. The molecule has 0 unspecified atom stereocenters. The topological polar surface area (TPSA) is 69.9 Å². The molecule has 6 nitrogen and oxygen atoms in total. The maximum absolute atomic E-state index is 6.66. The summed E-state index contributed by atoms with van der Waals surface area (Å²) in [7, 11) is 0. The molecule has 0 radical (unpaired) electrons. The Balaban J connectivity index is 0.896. The summed E-state index contributed by atoms with van der Waals surface area (Å²) in [4.78, 5) is 14.9. The quantitative estimate of drug-likeness (QED) is 0.167. The molecule has 4 aromatic heterocycles. The molecule has 0 bridgehead atoms. The molecule has 0 aliphatic carbocycles. The normalized spacial score (nSPS) is 11.8. The van der Waals surface area contributed by atoms with E-state index in [1.165, 1.54) is 10.8 Å². The van der Waals surface area contributed by atoms with Gasteiger partial charge in [0, 0.05) is 54.7 Å². The van der Waals surface area contributed by atoms with Crippen molar-refractivity contribution >= 4 is 65.7 Å². The summed E-state index contributed by atoms with van der Waals surface area (Å²) < 4.78 is 15.4. The molecule has 4 heterocycles. The third kappa shape index (κ3) is 5.69. The summed E-state index contributed by atoms with van der Waals surface area (Å²) in [6.45, 7) is 0. The number of furan rings is 2. The third-order valence-electron chi connectivity index (χ3n) is 12.3. The van der Waals surface area contributed by atoms with Crippen LogP contribution >= 0.6 is 0 Å². The van der Waals surface area contributed by atoms with Gasteiger partial charge in [0.1, 0.15) is 22.3 Å². The Morgan fingerprint density at radius 2 is 0.810 bits per heavy atom. The van der Waals surface area contributed by atoms with Crippen LogP contribution in [-0.2, 0) is 0 Å². The van der Waals surface area contributed by atoms with Crippen LogP contribution in [0, 0.1) is 0 Å². The minimum Gasteiger partial charge on any atom is -0.455 e. The Kier molecular flexibility index (Phi) is 7.80. The van der Waals surface area contributed by atoms with Crippen LogP contribution in [0.4, 0.5) is 0 Å². The van der Waals surface area contributed by atoms with Crippen LogP contribution in [0.2, 0.25) is 0 Å². The first kappa shape index (κ1) is 35.2. The molecule has 0 aliphatic heterocycles. The summed E-state index contributed by atoms with van der Waals surface area (Å²) >= 11 is 0. The molecule has 294 valence electrons. The lowest BCUT2D eigenvalue weighted by atomic mass is 10.00. The van der Waals surface area contributed by atoms with Crippen molar-refractivity contribution in [1.82, 2.24) is 19.5 Å². The largest absolute Gasteiger partial charge is 0.455 e. The molecule has 0 saturated heterocycles. The Hall–Kier alpha value is -8.61. The molecule has 13 aromatic rings. The second-order valence-electron chi connectivity index (χ2n) is 15.9. The van der Waals surface area contributed by atoms with Gasteiger partial charge in [-0.1, -0.05) is 152 Å². The first-order chi connectivity index (χ1) is 31.2. The minimum absolute atomic E-state index is 0.563. The van der Waals surface area contributed by atoms with E-state index in [4.69, 9.17) is 23.8 Å². The molecule has 9 aromatic carbocycles. The van der Waals surface area contributed by atoms with E-state index < -0.39 is 0 Å². The van der Waals surface area contributed by atoms with Gasteiger partial charge in [-0.3, -0.25) is 0 Å². The van der Waals surface area contributed by atoms with Crippen molar-refractivity contribution in [3.8, 4) is 62.1 Å². The first-order valence-electron chi connectivity index (χ1n) is 21.1. The molecule has 0 fully saturated rings. The van der Waals surface area contributed by atoms with E-state index >= 15 is 0 Å². The van der Waals surface area contributed by atoms with E-state index in [1.807, 2.05) is 78.9 Å². The van der Waals surface area contributed by atoms with Crippen LogP contribution in [0.5, 0.6) is 0 Å². The van der Waals surface area contributed by atoms with Crippen LogP contribution in [-0.4, -0.2) is 19.5 Å². The highest BCUT2D eigenvalue weighted by Crippen LogP contribution is 2.41. The SMILES string of the molecule is c1ccc(-c2nc(-c3ccccc3)nc(-c3cccc4c3oc3ccc(-c5ccc6c(c5)c5ccccc5n6-c5ccc(-c6cccc7c6oc6ccccc67)cc5)cc34)n2)cc1. The van der Waals surface area contributed by atoms with Gasteiger partial charge in [0.25, 0.3) is 0 Å². The van der Waals surface area contributed by atoms with E-state index in [1.54, 1.807) is 0 Å². The highest BCUT2D eigenvalue weighted by molar-refractivity contribution is 6.13. The summed E-state index contributed by atoms with van der Waals surface area (Å²) in [5, 5.41) is 6.69. The van der Waals surface area contributed by atoms with Crippen LogP contribution in [0.1, 0.15) is 0 Å². The molecular weight excluding hydrogens is 773 g/mol. The number of benzene rings is 9. The van der Waals surface area contributed by atoms with Gasteiger partial charge in [-0.2, -0.15) is 0 Å². The Labute approximate surface area is 361 Å². The van der Waals surface area contributed by atoms with Crippen LogP contribution in [0.25, 0.3) is 128 Å². The fourth-order valence-electron chi connectivity index (χ4n) is 9.28. The van der Waals surface area contributed by atoms with E-state index in [2.05, 4.69) is 132 Å². The summed E-state index contributed by atoms with van der Waals surface area (Å²) in [6.07, 6.45) is 0. The number of hydrogen-bond donors (Lipinski definition) is 0. The zero-order valence-electron chi connectivity index (χ0n) is 33.7. The fourth-order valence-corrected chi connectivity index (χ4v) is 9.28.